The molecule has 0 aliphatic heterocycles. The molecular weight excluding hydrogens is 249 g/mol. The molecule has 0 aliphatic rings. The lowest BCUT2D eigenvalue weighted by Gasteiger charge is -2.01. The SMILES string of the molecule is COC(=O)CC#Cc1ccc(N)c(Cl)c1Cl. The molecule has 0 aromatic heterocycles. The van der Waals surface area contributed by atoms with E-state index in [0.717, 1.165) is 0 Å². The number of hydrogen-bond donors (Lipinski definition) is 1. The summed E-state index contributed by atoms with van der Waals surface area (Å²) in [6, 6.07) is 3.25. The summed E-state index contributed by atoms with van der Waals surface area (Å²) >= 11 is 11.8. The highest BCUT2D eigenvalue weighted by atomic mass is 35.5. The first-order valence-electron chi connectivity index (χ1n) is 4.35. The van der Waals surface area contributed by atoms with E-state index in [1.807, 2.05) is 0 Å². The molecule has 0 fully saturated rings. The zero-order valence-electron chi connectivity index (χ0n) is 8.51. The molecule has 0 heterocycles. The molecule has 0 saturated carbocycles. The molecule has 0 amide bonds. The number of benzene rings is 1. The van der Waals surface area contributed by atoms with Crippen LogP contribution in [0.2, 0.25) is 10.0 Å². The normalized spacial score (nSPS) is 9.19. The number of nitrogens with two attached hydrogens (primary N) is 1. The summed E-state index contributed by atoms with van der Waals surface area (Å²) in [7, 11) is 1.30. The van der Waals surface area contributed by atoms with Gasteiger partial charge in [-0.15, -0.1) is 0 Å². The Balaban J connectivity index is 2.90. The second-order valence-corrected chi connectivity index (χ2v) is 3.64. The Hall–Kier alpha value is -1.37. The van der Waals surface area contributed by atoms with Gasteiger partial charge in [-0.05, 0) is 12.1 Å². The average molecular weight is 258 g/mol. The van der Waals surface area contributed by atoms with Crippen molar-refractivity contribution in [2.75, 3.05) is 12.8 Å². The van der Waals surface area contributed by atoms with E-state index in [-0.39, 0.29) is 11.4 Å². The second kappa shape index (κ2) is 5.64. The van der Waals surface area contributed by atoms with Crippen LogP contribution in [0.4, 0.5) is 5.69 Å². The summed E-state index contributed by atoms with van der Waals surface area (Å²) in [6.07, 6.45) is 0.00875. The van der Waals surface area contributed by atoms with Crippen molar-refractivity contribution < 1.29 is 9.53 Å². The molecule has 0 spiro atoms. The number of carbonyl (C=O) groups excluding carboxylic acids is 1. The molecule has 0 saturated heterocycles. The van der Waals surface area contributed by atoms with Crippen LogP contribution in [0.5, 0.6) is 0 Å². The fourth-order valence-electron chi connectivity index (χ4n) is 0.945. The van der Waals surface area contributed by atoms with Crippen molar-refractivity contribution in [3.8, 4) is 11.8 Å². The van der Waals surface area contributed by atoms with Crippen molar-refractivity contribution in [3.63, 3.8) is 0 Å². The van der Waals surface area contributed by atoms with Crippen LogP contribution in [0.3, 0.4) is 0 Å². The monoisotopic (exact) mass is 257 g/mol. The predicted octanol–water partition coefficient (Wildman–Crippen LogP) is 2.49. The van der Waals surface area contributed by atoms with E-state index < -0.39 is 5.97 Å². The number of anilines is 1. The Kier molecular flexibility index (Phi) is 4.48. The lowest BCUT2D eigenvalue weighted by atomic mass is 10.2. The van der Waals surface area contributed by atoms with Gasteiger partial charge in [-0.25, -0.2) is 0 Å². The van der Waals surface area contributed by atoms with Crippen LogP contribution in [0.25, 0.3) is 0 Å². The first-order valence-corrected chi connectivity index (χ1v) is 5.11. The summed E-state index contributed by atoms with van der Waals surface area (Å²) in [5, 5.41) is 0.561. The Labute approximate surface area is 103 Å². The van der Waals surface area contributed by atoms with Gasteiger partial charge in [-0.2, -0.15) is 0 Å². The first-order chi connectivity index (χ1) is 7.56. The maximum absolute atomic E-state index is 10.8. The van der Waals surface area contributed by atoms with Crippen molar-refractivity contribution in [2.24, 2.45) is 0 Å². The minimum atomic E-state index is -0.398. The van der Waals surface area contributed by atoms with Crippen LogP contribution in [-0.2, 0) is 9.53 Å². The molecule has 0 radical (unpaired) electrons. The van der Waals surface area contributed by atoms with Gasteiger partial charge in [-0.1, -0.05) is 35.0 Å². The summed E-state index contributed by atoms with van der Waals surface area (Å²) in [5.74, 6) is 4.96. The number of carbonyl (C=O) groups is 1. The molecule has 5 heteroatoms. The number of methoxy groups -OCH3 is 1. The van der Waals surface area contributed by atoms with Crippen LogP contribution < -0.4 is 5.73 Å². The third-order valence-corrected chi connectivity index (χ3v) is 2.69. The topological polar surface area (TPSA) is 52.3 Å². The van der Waals surface area contributed by atoms with Crippen LogP contribution in [0, 0.1) is 11.8 Å². The molecule has 2 N–H and O–H groups in total. The van der Waals surface area contributed by atoms with Crippen molar-refractivity contribution in [1.82, 2.24) is 0 Å². The maximum atomic E-state index is 10.8. The Morgan fingerprint density at radius 2 is 2.12 bits per heavy atom. The Bertz CT molecular complexity index is 475. The van der Waals surface area contributed by atoms with Gasteiger partial charge in [0, 0.05) is 5.56 Å². The lowest BCUT2D eigenvalue weighted by molar-refractivity contribution is -0.139. The van der Waals surface area contributed by atoms with Gasteiger partial charge in [0.15, 0.2) is 0 Å². The molecule has 0 aliphatic carbocycles. The van der Waals surface area contributed by atoms with Crippen molar-refractivity contribution in [3.05, 3.63) is 27.7 Å². The zero-order chi connectivity index (χ0) is 12.1. The van der Waals surface area contributed by atoms with Crippen LogP contribution in [0.1, 0.15) is 12.0 Å². The summed E-state index contributed by atoms with van der Waals surface area (Å²) in [6.45, 7) is 0. The highest BCUT2D eigenvalue weighted by Gasteiger charge is 2.05. The van der Waals surface area contributed by atoms with Crippen LogP contribution >= 0.6 is 23.2 Å². The van der Waals surface area contributed by atoms with Gasteiger partial charge < -0.3 is 10.5 Å². The number of esters is 1. The molecule has 1 aromatic rings. The highest BCUT2D eigenvalue weighted by molar-refractivity contribution is 6.44. The van der Waals surface area contributed by atoms with E-state index in [0.29, 0.717) is 16.3 Å². The smallest absolute Gasteiger partial charge is 0.317 e. The Morgan fingerprint density at radius 1 is 1.44 bits per heavy atom. The molecule has 0 atom stereocenters. The highest BCUT2D eigenvalue weighted by Crippen LogP contribution is 2.30. The molecule has 1 aromatic carbocycles. The van der Waals surface area contributed by atoms with Gasteiger partial charge in [0.05, 0.1) is 22.8 Å². The molecule has 0 unspecified atom stereocenters. The number of rotatable bonds is 1. The summed E-state index contributed by atoms with van der Waals surface area (Å²) < 4.78 is 4.44. The van der Waals surface area contributed by atoms with E-state index >= 15 is 0 Å². The van der Waals surface area contributed by atoms with Gasteiger partial charge in [0.1, 0.15) is 6.42 Å². The third kappa shape index (κ3) is 3.06. The maximum Gasteiger partial charge on any atom is 0.317 e. The van der Waals surface area contributed by atoms with E-state index in [9.17, 15) is 4.79 Å². The third-order valence-electron chi connectivity index (χ3n) is 1.80. The number of ether oxygens (including phenoxy) is 1. The standard InChI is InChI=1S/C11H9Cl2NO2/c1-16-9(15)4-2-3-7-5-6-8(14)11(13)10(7)12/h5-6H,4,14H2,1H3. The van der Waals surface area contributed by atoms with E-state index in [1.165, 1.54) is 7.11 Å². The molecule has 3 nitrogen and oxygen atoms in total. The molecule has 1 rings (SSSR count). The van der Waals surface area contributed by atoms with E-state index in [1.54, 1.807) is 12.1 Å². The molecule has 84 valence electrons. The minimum Gasteiger partial charge on any atom is -0.468 e. The van der Waals surface area contributed by atoms with E-state index in [2.05, 4.69) is 16.6 Å². The lowest BCUT2D eigenvalue weighted by Crippen LogP contribution is -1.97. The number of halogens is 2. The summed E-state index contributed by atoms with van der Waals surface area (Å²) in [5.41, 5.74) is 6.48. The zero-order valence-corrected chi connectivity index (χ0v) is 10.0. The first kappa shape index (κ1) is 12.7. The second-order valence-electron chi connectivity index (χ2n) is 2.89. The van der Waals surface area contributed by atoms with Crippen LogP contribution in [-0.4, -0.2) is 13.1 Å². The van der Waals surface area contributed by atoms with Crippen molar-refractivity contribution >= 4 is 34.9 Å². The predicted molar refractivity (Wildman–Crippen MR) is 64.4 cm³/mol. The largest absolute Gasteiger partial charge is 0.468 e. The van der Waals surface area contributed by atoms with Crippen molar-refractivity contribution in [1.29, 1.82) is 0 Å². The minimum absolute atomic E-state index is 0.00875. The number of hydrogen-bond acceptors (Lipinski definition) is 3. The van der Waals surface area contributed by atoms with Crippen LogP contribution in [0.15, 0.2) is 12.1 Å². The average Bonchev–Trinajstić information content (AvgIpc) is 2.29. The van der Waals surface area contributed by atoms with Gasteiger partial charge in [0.2, 0.25) is 0 Å². The quantitative estimate of drug-likeness (QED) is 0.478. The fraction of sp³-hybridized carbons (Fsp3) is 0.182. The van der Waals surface area contributed by atoms with Gasteiger partial charge in [-0.3, -0.25) is 4.79 Å². The molecular formula is C11H9Cl2NO2. The van der Waals surface area contributed by atoms with Gasteiger partial charge in [0.25, 0.3) is 0 Å². The number of nitrogen functional groups attached to an aromatic ring is 1. The molecule has 0 bridgehead atoms. The fourth-order valence-corrected chi connectivity index (χ4v) is 1.33. The Morgan fingerprint density at radius 3 is 2.75 bits per heavy atom. The van der Waals surface area contributed by atoms with E-state index in [4.69, 9.17) is 28.9 Å². The summed E-state index contributed by atoms with van der Waals surface area (Å²) in [4.78, 5) is 10.8. The van der Waals surface area contributed by atoms with Crippen molar-refractivity contribution in [2.45, 2.75) is 6.42 Å². The molecule has 16 heavy (non-hydrogen) atoms. The van der Waals surface area contributed by atoms with Gasteiger partial charge >= 0.3 is 5.97 Å².